The Hall–Kier alpha value is -0.160. The van der Waals surface area contributed by atoms with Crippen molar-refractivity contribution in [2.24, 2.45) is 5.92 Å². The van der Waals surface area contributed by atoms with Crippen LogP contribution in [0.25, 0.3) is 0 Å². The molecule has 0 aromatic carbocycles. The van der Waals surface area contributed by atoms with Crippen molar-refractivity contribution in [3.8, 4) is 0 Å². The molecule has 1 fully saturated rings. The number of nitrogens with zero attached hydrogens (tertiary/aromatic N) is 2. The van der Waals surface area contributed by atoms with Crippen molar-refractivity contribution in [1.82, 2.24) is 9.88 Å². The smallest absolute Gasteiger partial charge is 0.0928 e. The molecule has 0 saturated carbocycles. The minimum absolute atomic E-state index is 0.411. The number of hydrogen-bond donors (Lipinski definition) is 0. The average Bonchev–Trinajstić information content (AvgIpc) is 2.93. The summed E-state index contributed by atoms with van der Waals surface area (Å²) in [6.45, 7) is 5.78. The van der Waals surface area contributed by atoms with E-state index in [9.17, 15) is 0 Å². The first kappa shape index (κ1) is 16.2. The second-order valence-electron chi connectivity index (χ2n) is 5.66. The number of hydrogen-bond acceptors (Lipinski definition) is 4. The van der Waals surface area contributed by atoms with Gasteiger partial charge in [-0.1, -0.05) is 6.92 Å². The summed E-state index contributed by atoms with van der Waals surface area (Å²) in [4.78, 5) is 7.04. The fourth-order valence-electron chi connectivity index (χ4n) is 2.74. The van der Waals surface area contributed by atoms with Crippen LogP contribution in [0.15, 0.2) is 5.38 Å². The number of alkyl halides is 1. The number of ether oxygens (including phenoxy) is 1. The topological polar surface area (TPSA) is 25.4 Å². The van der Waals surface area contributed by atoms with Gasteiger partial charge in [-0.05, 0) is 44.7 Å². The first-order valence-electron chi connectivity index (χ1n) is 7.47. The second-order valence-corrected chi connectivity index (χ2v) is 6.87. The molecule has 1 aliphatic heterocycles. The summed E-state index contributed by atoms with van der Waals surface area (Å²) in [5, 5.41) is 3.29. The van der Waals surface area contributed by atoms with Gasteiger partial charge in [0.05, 0.1) is 22.7 Å². The van der Waals surface area contributed by atoms with Gasteiger partial charge in [0.1, 0.15) is 0 Å². The lowest BCUT2D eigenvalue weighted by atomic mass is 9.95. The molecular formula is C15H25ClN2OS. The Morgan fingerprint density at radius 1 is 1.50 bits per heavy atom. The van der Waals surface area contributed by atoms with E-state index in [-0.39, 0.29) is 0 Å². The van der Waals surface area contributed by atoms with Crippen LogP contribution in [0.5, 0.6) is 0 Å². The highest BCUT2D eigenvalue weighted by molar-refractivity contribution is 7.09. The zero-order chi connectivity index (χ0) is 14.4. The molecule has 5 heteroatoms. The van der Waals surface area contributed by atoms with Gasteiger partial charge in [0.15, 0.2) is 0 Å². The maximum absolute atomic E-state index is 5.77. The molecular weight excluding hydrogens is 292 g/mol. The lowest BCUT2D eigenvalue weighted by molar-refractivity contribution is -0.00521. The Morgan fingerprint density at radius 2 is 2.35 bits per heavy atom. The molecule has 0 spiro atoms. The Balaban J connectivity index is 1.63. The van der Waals surface area contributed by atoms with Gasteiger partial charge in [0.25, 0.3) is 0 Å². The third-order valence-electron chi connectivity index (χ3n) is 4.13. The zero-order valence-electron chi connectivity index (χ0n) is 12.5. The fourth-order valence-corrected chi connectivity index (χ4v) is 3.81. The van der Waals surface area contributed by atoms with E-state index in [2.05, 4.69) is 22.2 Å². The van der Waals surface area contributed by atoms with Crippen molar-refractivity contribution in [3.63, 3.8) is 0 Å². The molecule has 0 aliphatic carbocycles. The minimum Gasteiger partial charge on any atom is -0.380 e. The number of thiazole rings is 1. The van der Waals surface area contributed by atoms with E-state index in [1.54, 1.807) is 11.3 Å². The van der Waals surface area contributed by atoms with Gasteiger partial charge in [-0.2, -0.15) is 0 Å². The highest BCUT2D eigenvalue weighted by Gasteiger charge is 2.25. The summed E-state index contributed by atoms with van der Waals surface area (Å²) >= 11 is 7.50. The van der Waals surface area contributed by atoms with Gasteiger partial charge in [0, 0.05) is 19.0 Å². The van der Waals surface area contributed by atoms with Crippen LogP contribution in [0, 0.1) is 5.92 Å². The van der Waals surface area contributed by atoms with Crippen LogP contribution in [0.1, 0.15) is 36.9 Å². The van der Waals surface area contributed by atoms with Crippen molar-refractivity contribution >= 4 is 22.9 Å². The SMILES string of the molecule is COC1CN(CCCCc2nc(CCl)cs2)CCC1C. The first-order valence-corrected chi connectivity index (χ1v) is 8.88. The molecule has 0 radical (unpaired) electrons. The van der Waals surface area contributed by atoms with Crippen LogP contribution in [0.2, 0.25) is 0 Å². The maximum atomic E-state index is 5.77. The third kappa shape index (κ3) is 4.69. The van der Waals surface area contributed by atoms with E-state index in [4.69, 9.17) is 16.3 Å². The van der Waals surface area contributed by atoms with E-state index in [1.165, 1.54) is 37.4 Å². The summed E-state index contributed by atoms with van der Waals surface area (Å²) in [5.41, 5.74) is 1.01. The second kappa shape index (κ2) is 8.32. The van der Waals surface area contributed by atoms with Gasteiger partial charge in [-0.15, -0.1) is 22.9 Å². The zero-order valence-corrected chi connectivity index (χ0v) is 14.1. The number of likely N-dealkylation sites (tertiary alicyclic amines) is 1. The fraction of sp³-hybridized carbons (Fsp3) is 0.800. The highest BCUT2D eigenvalue weighted by atomic mass is 35.5. The van der Waals surface area contributed by atoms with Crippen molar-refractivity contribution in [1.29, 1.82) is 0 Å². The summed E-state index contributed by atoms with van der Waals surface area (Å²) in [7, 11) is 1.83. The van der Waals surface area contributed by atoms with Crippen LogP contribution in [-0.4, -0.2) is 42.7 Å². The molecule has 1 aliphatic rings. The lowest BCUT2D eigenvalue weighted by Crippen LogP contribution is -2.44. The lowest BCUT2D eigenvalue weighted by Gasteiger charge is -2.36. The van der Waals surface area contributed by atoms with Crippen LogP contribution in [0.3, 0.4) is 0 Å². The predicted octanol–water partition coefficient (Wildman–Crippen LogP) is 3.56. The molecule has 20 heavy (non-hydrogen) atoms. The Bertz CT molecular complexity index is 399. The van der Waals surface area contributed by atoms with Gasteiger partial charge in [0.2, 0.25) is 0 Å². The van der Waals surface area contributed by atoms with Crippen molar-refractivity contribution in [2.75, 3.05) is 26.7 Å². The molecule has 2 heterocycles. The van der Waals surface area contributed by atoms with Gasteiger partial charge >= 0.3 is 0 Å². The quantitative estimate of drug-likeness (QED) is 0.568. The summed E-state index contributed by atoms with van der Waals surface area (Å²) in [5.74, 6) is 1.22. The molecule has 2 atom stereocenters. The van der Waals surface area contributed by atoms with Gasteiger partial charge in [-0.3, -0.25) is 0 Å². The molecule has 2 rings (SSSR count). The molecule has 1 saturated heterocycles. The summed E-state index contributed by atoms with van der Waals surface area (Å²) in [6, 6.07) is 0. The molecule has 3 nitrogen and oxygen atoms in total. The number of aryl methyl sites for hydroxylation is 1. The van der Waals surface area contributed by atoms with Crippen molar-refractivity contribution < 1.29 is 4.74 Å². The van der Waals surface area contributed by atoms with E-state index < -0.39 is 0 Å². The van der Waals surface area contributed by atoms with Gasteiger partial charge in [-0.25, -0.2) is 4.98 Å². The van der Waals surface area contributed by atoms with E-state index >= 15 is 0 Å². The number of methoxy groups -OCH3 is 1. The van der Waals surface area contributed by atoms with E-state index in [1.807, 2.05) is 7.11 Å². The molecule has 1 aromatic rings. The Labute approximate surface area is 131 Å². The standard InChI is InChI=1S/C15H25ClN2OS/c1-12-6-8-18(10-14(12)19-2)7-4-3-5-15-17-13(9-16)11-20-15/h11-12,14H,3-10H2,1-2H3. The molecule has 114 valence electrons. The molecule has 2 unspecified atom stereocenters. The Kier molecular flexibility index (Phi) is 6.75. The number of piperidine rings is 1. The first-order chi connectivity index (χ1) is 9.72. The predicted molar refractivity (Wildman–Crippen MR) is 85.6 cm³/mol. The maximum Gasteiger partial charge on any atom is 0.0928 e. The van der Waals surface area contributed by atoms with Crippen LogP contribution >= 0.6 is 22.9 Å². The van der Waals surface area contributed by atoms with Crippen LogP contribution in [0.4, 0.5) is 0 Å². The largest absolute Gasteiger partial charge is 0.380 e. The van der Waals surface area contributed by atoms with E-state index in [0.29, 0.717) is 17.9 Å². The third-order valence-corrected chi connectivity index (χ3v) is 5.36. The molecule has 0 bridgehead atoms. The van der Waals surface area contributed by atoms with Crippen LogP contribution < -0.4 is 0 Å². The van der Waals surface area contributed by atoms with Crippen LogP contribution in [-0.2, 0) is 17.0 Å². The number of aromatic nitrogens is 1. The molecule has 0 amide bonds. The number of unbranched alkanes of at least 4 members (excludes halogenated alkanes) is 1. The minimum atomic E-state index is 0.411. The van der Waals surface area contributed by atoms with Crippen molar-refractivity contribution in [2.45, 2.75) is 44.6 Å². The Morgan fingerprint density at radius 3 is 3.05 bits per heavy atom. The monoisotopic (exact) mass is 316 g/mol. The highest BCUT2D eigenvalue weighted by Crippen LogP contribution is 2.20. The molecule has 0 N–H and O–H groups in total. The number of halogens is 1. The summed E-state index contributed by atoms with van der Waals surface area (Å²) < 4.78 is 5.56. The average molecular weight is 317 g/mol. The van der Waals surface area contributed by atoms with E-state index in [0.717, 1.165) is 18.7 Å². The van der Waals surface area contributed by atoms with Gasteiger partial charge < -0.3 is 9.64 Å². The summed E-state index contributed by atoms with van der Waals surface area (Å²) in [6.07, 6.45) is 5.19. The van der Waals surface area contributed by atoms with Crippen molar-refractivity contribution in [3.05, 3.63) is 16.1 Å². The molecule has 1 aromatic heterocycles. The number of rotatable bonds is 7. The normalized spacial score (nSPS) is 24.1.